The fourth-order valence-corrected chi connectivity index (χ4v) is 13.2. The molecule has 0 amide bonds. The highest BCUT2D eigenvalue weighted by Crippen LogP contribution is 2.52. The zero-order valence-corrected chi connectivity index (χ0v) is 38.7. The van der Waals surface area contributed by atoms with Gasteiger partial charge in [0.05, 0.1) is 9.79 Å². The van der Waals surface area contributed by atoms with Crippen molar-refractivity contribution in [3.63, 3.8) is 0 Å². The first kappa shape index (κ1) is 46.1. The highest BCUT2D eigenvalue weighted by Gasteiger charge is 2.46. The van der Waals surface area contributed by atoms with Crippen molar-refractivity contribution in [3.05, 3.63) is 131 Å². The largest absolute Gasteiger partial charge is 0.289 e. The predicted molar refractivity (Wildman–Crippen MR) is 241 cm³/mol. The van der Waals surface area contributed by atoms with Crippen molar-refractivity contribution in [2.45, 2.75) is 110 Å². The van der Waals surface area contributed by atoms with Gasteiger partial charge < -0.3 is 0 Å². The number of benzene rings is 2. The van der Waals surface area contributed by atoms with Gasteiger partial charge in [-0.15, -0.1) is 0 Å². The summed E-state index contributed by atoms with van der Waals surface area (Å²) >= 11 is 1.76. The molecule has 10 rings (SSSR count). The number of hydrogen-bond donors (Lipinski definition) is 2. The minimum atomic E-state index is -4.06. The van der Waals surface area contributed by atoms with E-state index in [1.165, 1.54) is 24.8 Å². The molecule has 0 radical (unpaired) electrons. The lowest BCUT2D eigenvalue weighted by Gasteiger charge is -2.45. The van der Waals surface area contributed by atoms with Gasteiger partial charge in [-0.25, -0.2) is 44.4 Å². The molecular formula is C44H46F4N10O4S4. The van der Waals surface area contributed by atoms with Crippen LogP contribution in [0.4, 0.5) is 27.8 Å². The zero-order valence-electron chi connectivity index (χ0n) is 35.4. The molecule has 4 aromatic heterocycles. The number of sulfonamides is 2. The van der Waals surface area contributed by atoms with Gasteiger partial charge in [-0.3, -0.25) is 29.2 Å². The lowest BCUT2D eigenvalue weighted by Crippen LogP contribution is -2.40. The van der Waals surface area contributed by atoms with E-state index in [0.717, 1.165) is 97.9 Å². The van der Waals surface area contributed by atoms with E-state index in [9.17, 15) is 16.8 Å². The summed E-state index contributed by atoms with van der Waals surface area (Å²) in [5, 5.41) is 0.176. The Kier molecular flexibility index (Phi) is 13.2. The smallest absolute Gasteiger partial charge is 0.273 e. The van der Waals surface area contributed by atoms with Crippen LogP contribution in [0.5, 0.6) is 0 Å². The Hall–Kier alpha value is -5.00. The minimum Gasteiger partial charge on any atom is -0.289 e. The standard InChI is InChI=1S/2C22H23F2N5O2S2/c2*23-22(24)9-8-20(29-11-2-1-5-19(29)15-4-3-10-25-13-15)17-7-6-16(12-18(17)22)33(30,31)28-21-26-14-27-32-21/h2*3-4,6-7,10,12-14,19-20H,1-2,5,8-9,11H2,(H,26,27,28)/t19-,20+;19-,20-/m00/s1. The Morgan fingerprint density at radius 3 is 1.39 bits per heavy atom. The average Bonchev–Trinajstić information content (AvgIpc) is 4.04. The van der Waals surface area contributed by atoms with Gasteiger partial charge in [-0.1, -0.05) is 37.1 Å². The summed E-state index contributed by atoms with van der Waals surface area (Å²) in [7, 11) is -8.12. The fraction of sp³-hybridized carbons (Fsp3) is 0.409. The number of piperidine rings is 2. The summed E-state index contributed by atoms with van der Waals surface area (Å²) in [6.45, 7) is 1.60. The SMILES string of the molecule is O=S(=O)(Nc1ncns1)c1ccc2c(c1)C(F)(F)CC[C@@H]2N1CCCC[C@H]1c1cccnc1.O=S(=O)(Nc1ncns1)c1ccc2c(c1)C(F)(F)CC[C@H]2N1CCCC[C@H]1c1cccnc1. The summed E-state index contributed by atoms with van der Waals surface area (Å²) in [6.07, 6.45) is 15.6. The topological polar surface area (TPSA) is 176 Å². The molecule has 0 spiro atoms. The number of nitrogens with one attached hydrogen (secondary N) is 2. The lowest BCUT2D eigenvalue weighted by atomic mass is 9.82. The maximum Gasteiger partial charge on any atom is 0.273 e. The van der Waals surface area contributed by atoms with Crippen molar-refractivity contribution in [2.75, 3.05) is 22.5 Å². The first-order chi connectivity index (χ1) is 31.7. The number of hydrogen-bond acceptors (Lipinski definition) is 14. The van der Waals surface area contributed by atoms with Crippen LogP contribution in [-0.4, -0.2) is 68.4 Å². The van der Waals surface area contributed by atoms with Crippen LogP contribution in [0.1, 0.15) is 122 Å². The van der Waals surface area contributed by atoms with E-state index in [-0.39, 0.29) is 68.2 Å². The van der Waals surface area contributed by atoms with E-state index in [1.54, 1.807) is 24.5 Å². The second kappa shape index (κ2) is 18.9. The van der Waals surface area contributed by atoms with Crippen LogP contribution < -0.4 is 9.44 Å². The van der Waals surface area contributed by atoms with E-state index in [2.05, 4.69) is 47.9 Å². The highest BCUT2D eigenvalue weighted by atomic mass is 32.2. The molecule has 6 aromatic rings. The Labute approximate surface area is 388 Å². The Balaban J connectivity index is 0.000000166. The van der Waals surface area contributed by atoms with Crippen LogP contribution >= 0.6 is 23.1 Å². The fourth-order valence-electron chi connectivity index (χ4n) is 9.82. The molecule has 22 heteroatoms. The second-order valence-corrected chi connectivity index (χ2v) is 21.7. The number of anilines is 2. The van der Waals surface area contributed by atoms with Gasteiger partial charge in [0.15, 0.2) is 0 Å². The van der Waals surface area contributed by atoms with Crippen molar-refractivity contribution in [3.8, 4) is 0 Å². The summed E-state index contributed by atoms with van der Waals surface area (Å²) in [4.78, 5) is 20.3. The van der Waals surface area contributed by atoms with Gasteiger partial charge in [0, 0.05) is 96.0 Å². The van der Waals surface area contributed by atoms with Crippen molar-refractivity contribution in [1.29, 1.82) is 0 Å². The van der Waals surface area contributed by atoms with Crippen molar-refractivity contribution < 1.29 is 34.4 Å². The molecule has 0 bridgehead atoms. The van der Waals surface area contributed by atoms with Gasteiger partial charge in [0.1, 0.15) is 12.7 Å². The normalized spacial score (nSPS) is 23.1. The van der Waals surface area contributed by atoms with Gasteiger partial charge in [-0.2, -0.15) is 8.75 Å². The summed E-state index contributed by atoms with van der Waals surface area (Å²) < 4.78 is 123. The average molecular weight is 983 g/mol. The molecule has 4 aliphatic rings. The monoisotopic (exact) mass is 982 g/mol. The number of halogens is 4. The van der Waals surface area contributed by atoms with Crippen LogP contribution in [0.25, 0.3) is 0 Å². The quantitative estimate of drug-likeness (QED) is 0.125. The van der Waals surface area contributed by atoms with Crippen LogP contribution in [0.15, 0.2) is 108 Å². The molecule has 2 fully saturated rings. The molecule has 348 valence electrons. The summed E-state index contributed by atoms with van der Waals surface area (Å²) in [5.41, 5.74) is 2.73. The molecule has 2 aliphatic carbocycles. The molecular weight excluding hydrogens is 937 g/mol. The van der Waals surface area contributed by atoms with Crippen molar-refractivity contribution >= 4 is 53.4 Å². The van der Waals surface area contributed by atoms with Crippen LogP contribution in [0.3, 0.4) is 0 Å². The Morgan fingerprint density at radius 1 is 0.576 bits per heavy atom. The van der Waals surface area contributed by atoms with Crippen molar-refractivity contribution in [1.82, 2.24) is 38.5 Å². The van der Waals surface area contributed by atoms with Gasteiger partial charge in [-0.05, 0) is 110 Å². The maximum atomic E-state index is 15.0. The molecule has 2 saturated heterocycles. The summed E-state index contributed by atoms with van der Waals surface area (Å²) in [6, 6.07) is 15.8. The number of pyridine rings is 2. The third kappa shape index (κ3) is 9.71. The van der Waals surface area contributed by atoms with Gasteiger partial charge in [0.2, 0.25) is 10.3 Å². The maximum absolute atomic E-state index is 15.0. The third-order valence-electron chi connectivity index (χ3n) is 12.8. The molecule has 4 atom stereocenters. The van der Waals surface area contributed by atoms with E-state index in [4.69, 9.17) is 0 Å². The lowest BCUT2D eigenvalue weighted by molar-refractivity contribution is -0.0426. The van der Waals surface area contributed by atoms with E-state index in [1.807, 2.05) is 36.7 Å². The molecule has 2 N–H and O–H groups in total. The number of alkyl halides is 4. The third-order valence-corrected chi connectivity index (χ3v) is 16.9. The number of aromatic nitrogens is 6. The van der Waals surface area contributed by atoms with Gasteiger partial charge in [0.25, 0.3) is 31.9 Å². The van der Waals surface area contributed by atoms with Crippen LogP contribution in [-0.2, 0) is 31.9 Å². The molecule has 0 unspecified atom stereocenters. The van der Waals surface area contributed by atoms with Crippen molar-refractivity contribution in [2.24, 2.45) is 0 Å². The molecule has 0 saturated carbocycles. The van der Waals surface area contributed by atoms with Crippen LogP contribution in [0.2, 0.25) is 0 Å². The number of rotatable bonds is 10. The number of likely N-dealkylation sites (tertiary alicyclic amines) is 2. The highest BCUT2D eigenvalue weighted by molar-refractivity contribution is 7.93. The Bertz CT molecular complexity index is 2640. The first-order valence-corrected chi connectivity index (χ1v) is 26.2. The first-order valence-electron chi connectivity index (χ1n) is 21.6. The predicted octanol–water partition coefficient (Wildman–Crippen LogP) is 9.78. The molecule has 14 nitrogen and oxygen atoms in total. The molecule has 2 aliphatic heterocycles. The van der Waals surface area contributed by atoms with Crippen LogP contribution in [0, 0.1) is 0 Å². The Morgan fingerprint density at radius 2 is 1.02 bits per heavy atom. The van der Waals surface area contributed by atoms with E-state index < -0.39 is 31.9 Å². The summed E-state index contributed by atoms with van der Waals surface area (Å²) in [5.74, 6) is -6.20. The number of fused-ring (bicyclic) bond motifs is 2. The van der Waals surface area contributed by atoms with Gasteiger partial charge >= 0.3 is 0 Å². The second-order valence-electron chi connectivity index (χ2n) is 16.8. The van der Waals surface area contributed by atoms with E-state index >= 15 is 17.6 Å². The zero-order chi connectivity index (χ0) is 46.1. The number of nitrogens with zero attached hydrogens (tertiary/aromatic N) is 8. The molecule has 6 heterocycles. The molecule has 66 heavy (non-hydrogen) atoms. The van der Waals surface area contributed by atoms with E-state index in [0.29, 0.717) is 24.0 Å². The minimum absolute atomic E-state index is 0.0880. The molecule has 2 aromatic carbocycles.